The van der Waals surface area contributed by atoms with Gasteiger partial charge in [0.2, 0.25) is 5.91 Å². The van der Waals surface area contributed by atoms with E-state index >= 15 is 0 Å². The van der Waals surface area contributed by atoms with E-state index in [1.807, 2.05) is 25.1 Å². The molecule has 0 aromatic heterocycles. The predicted molar refractivity (Wildman–Crippen MR) is 71.7 cm³/mol. The van der Waals surface area contributed by atoms with Gasteiger partial charge < -0.3 is 10.2 Å². The summed E-state index contributed by atoms with van der Waals surface area (Å²) >= 11 is 0. The van der Waals surface area contributed by atoms with Crippen LogP contribution >= 0.6 is 0 Å². The van der Waals surface area contributed by atoms with Gasteiger partial charge in [0.15, 0.2) is 0 Å². The normalized spacial score (nSPS) is 23.0. The SMILES string of the molecule is Cc1cccc2c1C(=O)N([C@H]1CCCCNC1=O)C2. The average Bonchev–Trinajstić information content (AvgIpc) is 2.58. The topological polar surface area (TPSA) is 49.4 Å². The number of benzene rings is 1. The molecular formula is C15H18N2O2. The second kappa shape index (κ2) is 4.68. The number of fused-ring (bicyclic) bond motifs is 1. The van der Waals surface area contributed by atoms with Gasteiger partial charge in [0.25, 0.3) is 5.91 Å². The summed E-state index contributed by atoms with van der Waals surface area (Å²) in [5.74, 6) is 0.00598. The zero-order valence-electron chi connectivity index (χ0n) is 11.1. The molecule has 1 atom stereocenters. The lowest BCUT2D eigenvalue weighted by atomic mass is 10.0. The second-order valence-electron chi connectivity index (χ2n) is 5.34. The van der Waals surface area contributed by atoms with Gasteiger partial charge in [-0.1, -0.05) is 18.2 Å². The van der Waals surface area contributed by atoms with Gasteiger partial charge in [-0.15, -0.1) is 0 Å². The monoisotopic (exact) mass is 258 g/mol. The van der Waals surface area contributed by atoms with Gasteiger partial charge in [0.1, 0.15) is 6.04 Å². The fraction of sp³-hybridized carbons (Fsp3) is 0.467. The molecule has 2 amide bonds. The number of hydrogen-bond donors (Lipinski definition) is 1. The number of amides is 2. The van der Waals surface area contributed by atoms with Crippen molar-refractivity contribution in [3.63, 3.8) is 0 Å². The number of rotatable bonds is 1. The van der Waals surface area contributed by atoms with Crippen LogP contribution in [-0.2, 0) is 11.3 Å². The van der Waals surface area contributed by atoms with Crippen molar-refractivity contribution in [1.29, 1.82) is 0 Å². The van der Waals surface area contributed by atoms with Gasteiger partial charge in [0.05, 0.1) is 0 Å². The van der Waals surface area contributed by atoms with Crippen LogP contribution in [0.15, 0.2) is 18.2 Å². The van der Waals surface area contributed by atoms with Crippen LogP contribution < -0.4 is 5.32 Å². The maximum absolute atomic E-state index is 12.5. The van der Waals surface area contributed by atoms with E-state index in [0.717, 1.165) is 42.5 Å². The molecule has 0 aliphatic carbocycles. The lowest BCUT2D eigenvalue weighted by Gasteiger charge is -2.25. The highest BCUT2D eigenvalue weighted by Gasteiger charge is 2.37. The maximum atomic E-state index is 12.5. The number of nitrogens with one attached hydrogen (secondary N) is 1. The third-order valence-electron chi connectivity index (χ3n) is 4.06. The third-order valence-corrected chi connectivity index (χ3v) is 4.06. The molecule has 0 bridgehead atoms. The van der Waals surface area contributed by atoms with E-state index < -0.39 is 0 Å². The number of nitrogens with zero attached hydrogens (tertiary/aromatic N) is 1. The fourth-order valence-corrected chi connectivity index (χ4v) is 3.04. The molecule has 2 heterocycles. The highest BCUT2D eigenvalue weighted by molar-refractivity contribution is 6.02. The zero-order valence-corrected chi connectivity index (χ0v) is 11.1. The van der Waals surface area contributed by atoms with Gasteiger partial charge in [-0.25, -0.2) is 0 Å². The molecule has 0 spiro atoms. The third kappa shape index (κ3) is 2.01. The Morgan fingerprint density at radius 1 is 1.26 bits per heavy atom. The number of carbonyl (C=O) groups excluding carboxylic acids is 2. The van der Waals surface area contributed by atoms with E-state index in [9.17, 15) is 9.59 Å². The molecule has 100 valence electrons. The summed E-state index contributed by atoms with van der Waals surface area (Å²) in [6.45, 7) is 3.24. The van der Waals surface area contributed by atoms with E-state index in [0.29, 0.717) is 6.54 Å². The van der Waals surface area contributed by atoms with Crippen molar-refractivity contribution in [2.75, 3.05) is 6.54 Å². The van der Waals surface area contributed by atoms with Crippen LogP contribution in [0.1, 0.15) is 40.7 Å². The van der Waals surface area contributed by atoms with E-state index in [-0.39, 0.29) is 17.9 Å². The predicted octanol–water partition coefficient (Wildman–Crippen LogP) is 1.62. The molecule has 0 radical (unpaired) electrons. The van der Waals surface area contributed by atoms with E-state index in [1.54, 1.807) is 4.90 Å². The van der Waals surface area contributed by atoms with Gasteiger partial charge in [-0.2, -0.15) is 0 Å². The van der Waals surface area contributed by atoms with E-state index in [2.05, 4.69) is 5.32 Å². The summed E-state index contributed by atoms with van der Waals surface area (Å²) in [5.41, 5.74) is 2.83. The molecule has 2 aliphatic rings. The first-order chi connectivity index (χ1) is 9.18. The first kappa shape index (κ1) is 12.2. The first-order valence-corrected chi connectivity index (χ1v) is 6.85. The van der Waals surface area contributed by atoms with Gasteiger partial charge in [0, 0.05) is 18.7 Å². The molecule has 2 aliphatic heterocycles. The van der Waals surface area contributed by atoms with Crippen LogP contribution in [0.4, 0.5) is 0 Å². The second-order valence-corrected chi connectivity index (χ2v) is 5.34. The highest BCUT2D eigenvalue weighted by atomic mass is 16.2. The summed E-state index contributed by atoms with van der Waals surface area (Å²) in [7, 11) is 0. The average molecular weight is 258 g/mol. The number of hydrogen-bond acceptors (Lipinski definition) is 2. The zero-order chi connectivity index (χ0) is 13.4. The summed E-state index contributed by atoms with van der Waals surface area (Å²) in [6.07, 6.45) is 2.75. The van der Waals surface area contributed by atoms with Gasteiger partial charge in [-0.3, -0.25) is 9.59 Å². The van der Waals surface area contributed by atoms with Crippen LogP contribution in [0.25, 0.3) is 0 Å². The molecule has 1 fully saturated rings. The largest absolute Gasteiger partial charge is 0.354 e. The fourth-order valence-electron chi connectivity index (χ4n) is 3.04. The highest BCUT2D eigenvalue weighted by Crippen LogP contribution is 2.29. The minimum absolute atomic E-state index is 0.00342. The summed E-state index contributed by atoms with van der Waals surface area (Å²) in [4.78, 5) is 26.3. The standard InChI is InChI=1S/C15H18N2O2/c1-10-5-4-6-11-9-17(15(19)13(10)11)12-7-2-3-8-16-14(12)18/h4-6,12H,2-3,7-9H2,1H3,(H,16,18)/t12-/m0/s1. The quantitative estimate of drug-likeness (QED) is 0.832. The Hall–Kier alpha value is -1.84. The Kier molecular flexibility index (Phi) is 3.01. The smallest absolute Gasteiger partial charge is 0.255 e. The van der Waals surface area contributed by atoms with Crippen LogP contribution in [0.3, 0.4) is 0 Å². The molecule has 19 heavy (non-hydrogen) atoms. The Morgan fingerprint density at radius 3 is 2.89 bits per heavy atom. The van der Waals surface area contributed by atoms with Crippen LogP contribution in [0, 0.1) is 6.92 Å². The molecule has 0 unspecified atom stereocenters. The van der Waals surface area contributed by atoms with Crippen molar-refractivity contribution in [2.45, 2.75) is 38.8 Å². The summed E-state index contributed by atoms with van der Waals surface area (Å²) in [5, 5.41) is 2.90. The molecule has 1 aromatic carbocycles. The van der Waals surface area contributed by atoms with Crippen LogP contribution in [0.5, 0.6) is 0 Å². The van der Waals surface area contributed by atoms with Crippen molar-refractivity contribution >= 4 is 11.8 Å². The Morgan fingerprint density at radius 2 is 2.11 bits per heavy atom. The number of carbonyl (C=O) groups is 2. The van der Waals surface area contributed by atoms with E-state index in [1.165, 1.54) is 0 Å². The molecule has 0 saturated carbocycles. The Bertz CT molecular complexity index is 539. The molecular weight excluding hydrogens is 240 g/mol. The molecule has 3 rings (SSSR count). The van der Waals surface area contributed by atoms with Crippen molar-refractivity contribution in [1.82, 2.24) is 10.2 Å². The Labute approximate surface area is 112 Å². The minimum atomic E-state index is -0.304. The van der Waals surface area contributed by atoms with Crippen LogP contribution in [-0.4, -0.2) is 29.3 Å². The first-order valence-electron chi connectivity index (χ1n) is 6.85. The molecule has 4 nitrogen and oxygen atoms in total. The van der Waals surface area contributed by atoms with Crippen LogP contribution in [0.2, 0.25) is 0 Å². The van der Waals surface area contributed by atoms with E-state index in [4.69, 9.17) is 0 Å². The number of aryl methyl sites for hydroxylation is 1. The maximum Gasteiger partial charge on any atom is 0.255 e. The molecule has 1 aromatic rings. The molecule has 1 N–H and O–H groups in total. The molecule has 4 heteroatoms. The lowest BCUT2D eigenvalue weighted by molar-refractivity contribution is -0.125. The van der Waals surface area contributed by atoms with Crippen molar-refractivity contribution in [3.8, 4) is 0 Å². The Balaban J connectivity index is 1.91. The summed E-state index contributed by atoms with van der Waals surface area (Å²) in [6, 6.07) is 5.60. The molecule has 1 saturated heterocycles. The lowest BCUT2D eigenvalue weighted by Crippen LogP contribution is -2.45. The van der Waals surface area contributed by atoms with Crippen molar-refractivity contribution in [2.24, 2.45) is 0 Å². The van der Waals surface area contributed by atoms with Crippen molar-refractivity contribution in [3.05, 3.63) is 34.9 Å². The minimum Gasteiger partial charge on any atom is -0.354 e. The van der Waals surface area contributed by atoms with Gasteiger partial charge in [-0.05, 0) is 37.3 Å². The van der Waals surface area contributed by atoms with Gasteiger partial charge >= 0.3 is 0 Å². The summed E-state index contributed by atoms with van der Waals surface area (Å²) < 4.78 is 0. The van der Waals surface area contributed by atoms with Crippen molar-refractivity contribution < 1.29 is 9.59 Å².